The monoisotopic (exact) mass is 404 g/mol. The van der Waals surface area contributed by atoms with Crippen molar-refractivity contribution in [2.45, 2.75) is 69.9 Å². The number of benzene rings is 1. The van der Waals surface area contributed by atoms with Gasteiger partial charge < -0.3 is 4.90 Å². The lowest BCUT2D eigenvalue weighted by atomic mass is 9.72. The van der Waals surface area contributed by atoms with Crippen LogP contribution in [-0.4, -0.2) is 48.1 Å². The number of hydrogen-bond acceptors (Lipinski definition) is 4. The van der Waals surface area contributed by atoms with E-state index in [0.717, 1.165) is 30.0 Å². The smallest absolute Gasteiger partial charge is 0.269 e. The molecule has 152 valence electrons. The van der Waals surface area contributed by atoms with Gasteiger partial charge in [-0.15, -0.1) is 0 Å². The summed E-state index contributed by atoms with van der Waals surface area (Å²) >= 11 is 0. The fraction of sp³-hybridized carbons (Fsp3) is 0.619. The largest absolute Gasteiger partial charge is 0.335 e. The molecule has 2 fully saturated rings. The van der Waals surface area contributed by atoms with E-state index in [4.69, 9.17) is 0 Å². The third-order valence-electron chi connectivity index (χ3n) is 6.66. The van der Waals surface area contributed by atoms with Crippen LogP contribution in [0.2, 0.25) is 0 Å². The van der Waals surface area contributed by atoms with E-state index < -0.39 is 22.0 Å². The number of sulfonamides is 1. The van der Waals surface area contributed by atoms with E-state index in [1.54, 1.807) is 19.9 Å². The number of rotatable bonds is 2. The number of hydrogen-bond donors (Lipinski definition) is 0. The molecule has 1 saturated heterocycles. The average Bonchev–Trinajstić information content (AvgIpc) is 2.87. The predicted molar refractivity (Wildman–Crippen MR) is 105 cm³/mol. The van der Waals surface area contributed by atoms with Gasteiger partial charge in [0, 0.05) is 24.2 Å². The van der Waals surface area contributed by atoms with Gasteiger partial charge in [0.05, 0.1) is 5.56 Å². The second-order valence-electron chi connectivity index (χ2n) is 8.69. The summed E-state index contributed by atoms with van der Waals surface area (Å²) in [4.78, 5) is 27.7. The van der Waals surface area contributed by atoms with Crippen molar-refractivity contribution >= 4 is 21.8 Å². The topological polar surface area (TPSA) is 74.8 Å². The Balaban J connectivity index is 1.68. The van der Waals surface area contributed by atoms with E-state index >= 15 is 0 Å². The highest BCUT2D eigenvalue weighted by molar-refractivity contribution is 7.90. The molecule has 0 bridgehead atoms. The summed E-state index contributed by atoms with van der Waals surface area (Å²) in [5.41, 5.74) is 0.521. The van der Waals surface area contributed by atoms with E-state index in [1.165, 1.54) is 18.6 Å². The molecule has 0 N–H and O–H groups in total. The van der Waals surface area contributed by atoms with Gasteiger partial charge in [0.2, 0.25) is 0 Å². The Morgan fingerprint density at radius 3 is 2.57 bits per heavy atom. The molecule has 2 amide bonds. The highest BCUT2D eigenvalue weighted by Crippen LogP contribution is 2.40. The SMILES string of the molecule is CC1CCN(C(=O)c2ccc3c(c2)S(=O)(=O)N(C(C)C)C3=O)C2CCCCC12. The summed E-state index contributed by atoms with van der Waals surface area (Å²) in [5.74, 6) is 0.523. The van der Waals surface area contributed by atoms with Crippen LogP contribution < -0.4 is 0 Å². The van der Waals surface area contributed by atoms with Gasteiger partial charge in [0.1, 0.15) is 4.90 Å². The first-order valence-electron chi connectivity index (χ1n) is 10.3. The van der Waals surface area contributed by atoms with Crippen LogP contribution in [0, 0.1) is 11.8 Å². The maximum Gasteiger partial charge on any atom is 0.269 e. The van der Waals surface area contributed by atoms with E-state index in [0.29, 0.717) is 23.9 Å². The molecule has 28 heavy (non-hydrogen) atoms. The van der Waals surface area contributed by atoms with Crippen LogP contribution in [0.1, 0.15) is 73.6 Å². The van der Waals surface area contributed by atoms with Gasteiger partial charge in [-0.2, -0.15) is 0 Å². The van der Waals surface area contributed by atoms with Crippen LogP contribution in [-0.2, 0) is 10.0 Å². The molecule has 1 aromatic rings. The lowest BCUT2D eigenvalue weighted by Crippen LogP contribution is -2.52. The molecule has 7 heteroatoms. The Labute approximate surface area is 166 Å². The van der Waals surface area contributed by atoms with Gasteiger partial charge in [0.25, 0.3) is 21.8 Å². The van der Waals surface area contributed by atoms with Crippen LogP contribution in [0.4, 0.5) is 0 Å². The van der Waals surface area contributed by atoms with Crippen LogP contribution in [0.15, 0.2) is 23.1 Å². The molecule has 0 aromatic heterocycles. The Morgan fingerprint density at radius 2 is 1.86 bits per heavy atom. The molecule has 1 saturated carbocycles. The number of likely N-dealkylation sites (tertiary alicyclic amines) is 1. The summed E-state index contributed by atoms with van der Waals surface area (Å²) in [5, 5.41) is 0. The molecule has 6 nitrogen and oxygen atoms in total. The molecule has 4 rings (SSSR count). The average molecular weight is 405 g/mol. The molecule has 0 spiro atoms. The molecule has 2 heterocycles. The maximum absolute atomic E-state index is 13.3. The fourth-order valence-corrected chi connectivity index (χ4v) is 7.02. The summed E-state index contributed by atoms with van der Waals surface area (Å²) in [6, 6.07) is 4.28. The Morgan fingerprint density at radius 1 is 1.14 bits per heavy atom. The summed E-state index contributed by atoms with van der Waals surface area (Å²) < 4.78 is 26.6. The number of fused-ring (bicyclic) bond motifs is 2. The molecule has 3 aliphatic rings. The van der Waals surface area contributed by atoms with Gasteiger partial charge in [-0.3, -0.25) is 9.59 Å². The van der Waals surface area contributed by atoms with Gasteiger partial charge >= 0.3 is 0 Å². The first-order valence-corrected chi connectivity index (χ1v) is 11.7. The fourth-order valence-electron chi connectivity index (χ4n) is 5.22. The van der Waals surface area contributed by atoms with Crippen LogP contribution in [0.25, 0.3) is 0 Å². The number of carbonyl (C=O) groups excluding carboxylic acids is 2. The molecule has 1 aromatic carbocycles. The van der Waals surface area contributed by atoms with Crippen molar-refractivity contribution in [1.29, 1.82) is 0 Å². The zero-order valence-corrected chi connectivity index (χ0v) is 17.5. The predicted octanol–water partition coefficient (Wildman–Crippen LogP) is 3.28. The zero-order chi connectivity index (χ0) is 20.2. The molecule has 2 aliphatic heterocycles. The van der Waals surface area contributed by atoms with Crippen LogP contribution in [0.3, 0.4) is 0 Å². The second-order valence-corrected chi connectivity index (χ2v) is 10.5. The third kappa shape index (κ3) is 2.86. The number of piperidine rings is 1. The van der Waals surface area contributed by atoms with Gasteiger partial charge in [-0.25, -0.2) is 12.7 Å². The Bertz CT molecular complexity index is 924. The van der Waals surface area contributed by atoms with E-state index in [1.807, 2.05) is 4.90 Å². The standard InChI is InChI=1S/C21H28N2O4S/c1-13(2)23-21(25)17-9-8-15(12-19(17)28(23,26)27)20(24)22-11-10-14(3)16-6-4-5-7-18(16)22/h8-9,12-14,16,18H,4-7,10-11H2,1-3H3. The summed E-state index contributed by atoms with van der Waals surface area (Å²) in [7, 11) is -3.90. The zero-order valence-electron chi connectivity index (χ0n) is 16.7. The van der Waals surface area contributed by atoms with Crippen molar-refractivity contribution in [2.24, 2.45) is 11.8 Å². The van der Waals surface area contributed by atoms with Crippen molar-refractivity contribution in [3.8, 4) is 0 Å². The first-order chi connectivity index (χ1) is 13.2. The van der Waals surface area contributed by atoms with E-state index in [-0.39, 0.29) is 22.4 Å². The highest BCUT2D eigenvalue weighted by atomic mass is 32.2. The van der Waals surface area contributed by atoms with E-state index in [9.17, 15) is 18.0 Å². The highest BCUT2D eigenvalue weighted by Gasteiger charge is 2.44. The molecular weight excluding hydrogens is 376 g/mol. The van der Waals surface area contributed by atoms with Crippen molar-refractivity contribution in [3.63, 3.8) is 0 Å². The van der Waals surface area contributed by atoms with Crippen molar-refractivity contribution in [3.05, 3.63) is 29.3 Å². The maximum atomic E-state index is 13.3. The van der Waals surface area contributed by atoms with Crippen molar-refractivity contribution in [2.75, 3.05) is 6.54 Å². The van der Waals surface area contributed by atoms with E-state index in [2.05, 4.69) is 6.92 Å². The minimum atomic E-state index is -3.90. The first kappa shape index (κ1) is 19.4. The normalized spacial score (nSPS) is 29.0. The number of nitrogens with zero attached hydrogens (tertiary/aromatic N) is 2. The molecule has 0 radical (unpaired) electrons. The molecule has 1 aliphatic carbocycles. The Hall–Kier alpha value is -1.89. The molecule has 3 atom stereocenters. The lowest BCUT2D eigenvalue weighted by molar-refractivity contribution is 0.0217. The van der Waals surface area contributed by atoms with Gasteiger partial charge in [0.15, 0.2) is 0 Å². The van der Waals surface area contributed by atoms with Crippen LogP contribution in [0.5, 0.6) is 0 Å². The lowest BCUT2D eigenvalue weighted by Gasteiger charge is -2.47. The second kappa shape index (κ2) is 6.87. The number of amides is 2. The number of carbonyl (C=O) groups is 2. The van der Waals surface area contributed by atoms with Crippen molar-refractivity contribution < 1.29 is 18.0 Å². The molecule has 3 unspecified atom stereocenters. The molecular formula is C21H28N2O4S. The Kier molecular flexibility index (Phi) is 4.76. The minimum Gasteiger partial charge on any atom is -0.335 e. The third-order valence-corrected chi connectivity index (χ3v) is 8.66. The minimum absolute atomic E-state index is 0.0392. The van der Waals surface area contributed by atoms with Crippen LogP contribution >= 0.6 is 0 Å². The van der Waals surface area contributed by atoms with Crippen molar-refractivity contribution in [1.82, 2.24) is 9.21 Å². The summed E-state index contributed by atoms with van der Waals surface area (Å²) in [6.07, 6.45) is 5.51. The summed E-state index contributed by atoms with van der Waals surface area (Å²) in [6.45, 7) is 6.33. The van der Waals surface area contributed by atoms with Gasteiger partial charge in [-0.05, 0) is 63.1 Å². The quantitative estimate of drug-likeness (QED) is 0.758. The van der Waals surface area contributed by atoms with Gasteiger partial charge in [-0.1, -0.05) is 19.8 Å².